The van der Waals surface area contributed by atoms with Crippen molar-refractivity contribution in [2.75, 3.05) is 6.61 Å². The van der Waals surface area contributed by atoms with Crippen LogP contribution in [0.2, 0.25) is 0 Å². The summed E-state index contributed by atoms with van der Waals surface area (Å²) in [5, 5.41) is 10.1. The summed E-state index contributed by atoms with van der Waals surface area (Å²) in [6.07, 6.45) is 6.50. The molecule has 0 aromatic rings. The zero-order valence-corrected chi connectivity index (χ0v) is 8.19. The molecule has 3 heterocycles. The average Bonchev–Trinajstić information content (AvgIpc) is 2.93. The molecule has 0 radical (unpaired) electrons. The molecule has 3 rings (SSSR count). The third-order valence-electron chi connectivity index (χ3n) is 3.58. The van der Waals surface area contributed by atoms with Gasteiger partial charge in [0.15, 0.2) is 0 Å². The second-order valence-corrected chi connectivity index (χ2v) is 4.46. The molecule has 0 aromatic carbocycles. The Morgan fingerprint density at radius 1 is 1.43 bits per heavy atom. The van der Waals surface area contributed by atoms with Gasteiger partial charge in [-0.05, 0) is 25.3 Å². The second kappa shape index (κ2) is 3.24. The summed E-state index contributed by atoms with van der Waals surface area (Å²) >= 11 is 0. The minimum atomic E-state index is -0.423. The van der Waals surface area contributed by atoms with Crippen LogP contribution in [-0.2, 0) is 9.47 Å². The Morgan fingerprint density at radius 2 is 2.36 bits per heavy atom. The molecule has 78 valence electrons. The molecular formula is C11H16O3. The molecule has 14 heavy (non-hydrogen) atoms. The summed E-state index contributed by atoms with van der Waals surface area (Å²) in [4.78, 5) is 0. The number of fused-ring (bicyclic) bond motifs is 2. The van der Waals surface area contributed by atoms with Crippen molar-refractivity contribution in [1.29, 1.82) is 0 Å². The molecule has 4 atom stereocenters. The molecule has 0 saturated carbocycles. The van der Waals surface area contributed by atoms with Crippen molar-refractivity contribution in [3.8, 4) is 0 Å². The van der Waals surface area contributed by atoms with Gasteiger partial charge in [0.2, 0.25) is 0 Å². The SMILES string of the molecule is OC(C1=CCCO1)C1CC2CCC1O2. The van der Waals surface area contributed by atoms with Crippen LogP contribution in [0.25, 0.3) is 0 Å². The van der Waals surface area contributed by atoms with Crippen molar-refractivity contribution in [2.24, 2.45) is 5.92 Å². The fourth-order valence-corrected chi connectivity index (χ4v) is 2.86. The molecule has 3 nitrogen and oxygen atoms in total. The highest BCUT2D eigenvalue weighted by molar-refractivity contribution is 5.09. The average molecular weight is 196 g/mol. The van der Waals surface area contributed by atoms with E-state index in [1.165, 1.54) is 6.42 Å². The molecule has 3 aliphatic rings. The molecule has 0 aliphatic carbocycles. The van der Waals surface area contributed by atoms with Crippen molar-refractivity contribution in [1.82, 2.24) is 0 Å². The van der Waals surface area contributed by atoms with Crippen LogP contribution in [0.5, 0.6) is 0 Å². The molecule has 4 unspecified atom stereocenters. The van der Waals surface area contributed by atoms with E-state index in [-0.39, 0.29) is 12.0 Å². The van der Waals surface area contributed by atoms with Gasteiger partial charge in [0.1, 0.15) is 11.9 Å². The molecule has 0 amide bonds. The van der Waals surface area contributed by atoms with Crippen LogP contribution in [0.3, 0.4) is 0 Å². The lowest BCUT2D eigenvalue weighted by Gasteiger charge is -2.24. The minimum absolute atomic E-state index is 0.276. The van der Waals surface area contributed by atoms with Gasteiger partial charge in [-0.25, -0.2) is 0 Å². The molecule has 2 bridgehead atoms. The molecule has 0 spiro atoms. The fraction of sp³-hybridized carbons (Fsp3) is 0.818. The summed E-state index contributed by atoms with van der Waals surface area (Å²) in [7, 11) is 0. The smallest absolute Gasteiger partial charge is 0.121 e. The predicted octanol–water partition coefficient (Wildman–Crippen LogP) is 1.22. The van der Waals surface area contributed by atoms with Crippen molar-refractivity contribution in [3.05, 3.63) is 11.8 Å². The number of ether oxygens (including phenoxy) is 2. The Morgan fingerprint density at radius 3 is 2.93 bits per heavy atom. The molecule has 2 saturated heterocycles. The second-order valence-electron chi connectivity index (χ2n) is 4.46. The van der Waals surface area contributed by atoms with Crippen molar-refractivity contribution >= 4 is 0 Å². The molecule has 3 aliphatic heterocycles. The highest BCUT2D eigenvalue weighted by atomic mass is 16.5. The number of hydrogen-bond donors (Lipinski definition) is 1. The van der Waals surface area contributed by atoms with E-state index < -0.39 is 6.10 Å². The Hall–Kier alpha value is -0.540. The first kappa shape index (κ1) is 8.74. The highest BCUT2D eigenvalue weighted by Gasteiger charge is 2.45. The number of aliphatic hydroxyl groups excluding tert-OH is 1. The van der Waals surface area contributed by atoms with Crippen molar-refractivity contribution in [3.63, 3.8) is 0 Å². The van der Waals surface area contributed by atoms with Crippen LogP contribution in [0.1, 0.15) is 25.7 Å². The summed E-state index contributed by atoms with van der Waals surface area (Å²) < 4.78 is 11.1. The maximum atomic E-state index is 10.1. The molecule has 2 fully saturated rings. The zero-order chi connectivity index (χ0) is 9.54. The Kier molecular flexibility index (Phi) is 2.03. The predicted molar refractivity (Wildman–Crippen MR) is 50.7 cm³/mol. The van der Waals surface area contributed by atoms with E-state index >= 15 is 0 Å². The lowest BCUT2D eigenvalue weighted by Crippen LogP contribution is -2.31. The van der Waals surface area contributed by atoms with Crippen molar-refractivity contribution in [2.45, 2.75) is 44.0 Å². The first-order chi connectivity index (χ1) is 6.84. The Balaban J connectivity index is 1.70. The van der Waals surface area contributed by atoms with Gasteiger partial charge in [0, 0.05) is 12.3 Å². The van der Waals surface area contributed by atoms with Crippen LogP contribution in [-0.4, -0.2) is 30.0 Å². The van der Waals surface area contributed by atoms with E-state index in [1.807, 2.05) is 6.08 Å². The van der Waals surface area contributed by atoms with E-state index in [9.17, 15) is 5.11 Å². The number of hydrogen-bond acceptors (Lipinski definition) is 3. The normalized spacial score (nSPS) is 42.4. The van der Waals surface area contributed by atoms with Crippen LogP contribution >= 0.6 is 0 Å². The van der Waals surface area contributed by atoms with Gasteiger partial charge in [0.25, 0.3) is 0 Å². The van der Waals surface area contributed by atoms with Crippen LogP contribution in [0.4, 0.5) is 0 Å². The van der Waals surface area contributed by atoms with Gasteiger partial charge in [0.05, 0.1) is 18.8 Å². The summed E-state index contributed by atoms with van der Waals surface area (Å²) in [5.74, 6) is 1.06. The van der Waals surface area contributed by atoms with Crippen LogP contribution < -0.4 is 0 Å². The Labute approximate surface area is 83.7 Å². The lowest BCUT2D eigenvalue weighted by atomic mass is 9.84. The summed E-state index contributed by atoms with van der Waals surface area (Å²) in [5.41, 5.74) is 0. The Bertz CT molecular complexity index is 261. The van der Waals surface area contributed by atoms with E-state index in [0.29, 0.717) is 6.10 Å². The minimum Gasteiger partial charge on any atom is -0.495 e. The number of rotatable bonds is 2. The van der Waals surface area contributed by atoms with E-state index in [1.54, 1.807) is 0 Å². The first-order valence-corrected chi connectivity index (χ1v) is 5.51. The standard InChI is InChI=1S/C11H16O3/c12-11(10-2-1-5-13-10)8-6-7-3-4-9(8)14-7/h2,7-9,11-12H,1,3-6H2. The van der Waals surface area contributed by atoms with Gasteiger partial charge in [-0.15, -0.1) is 0 Å². The van der Waals surface area contributed by atoms with Gasteiger partial charge in [-0.2, -0.15) is 0 Å². The molecular weight excluding hydrogens is 180 g/mol. The van der Waals surface area contributed by atoms with Gasteiger partial charge < -0.3 is 14.6 Å². The van der Waals surface area contributed by atoms with E-state index in [0.717, 1.165) is 31.6 Å². The topological polar surface area (TPSA) is 38.7 Å². The maximum absolute atomic E-state index is 10.1. The highest BCUT2D eigenvalue weighted by Crippen LogP contribution is 2.42. The lowest BCUT2D eigenvalue weighted by molar-refractivity contribution is 0.0314. The monoisotopic (exact) mass is 196 g/mol. The van der Waals surface area contributed by atoms with Crippen molar-refractivity contribution < 1.29 is 14.6 Å². The van der Waals surface area contributed by atoms with E-state index in [2.05, 4.69) is 0 Å². The first-order valence-electron chi connectivity index (χ1n) is 5.51. The van der Waals surface area contributed by atoms with Gasteiger partial charge in [-0.3, -0.25) is 0 Å². The third-order valence-corrected chi connectivity index (χ3v) is 3.58. The molecule has 0 aromatic heterocycles. The number of aliphatic hydroxyl groups is 1. The maximum Gasteiger partial charge on any atom is 0.121 e. The van der Waals surface area contributed by atoms with Gasteiger partial charge >= 0.3 is 0 Å². The zero-order valence-electron chi connectivity index (χ0n) is 8.19. The summed E-state index contributed by atoms with van der Waals surface area (Å²) in [6, 6.07) is 0. The molecule has 3 heteroatoms. The van der Waals surface area contributed by atoms with Gasteiger partial charge in [-0.1, -0.05) is 0 Å². The fourth-order valence-electron chi connectivity index (χ4n) is 2.86. The van der Waals surface area contributed by atoms with Crippen LogP contribution in [0, 0.1) is 5.92 Å². The van der Waals surface area contributed by atoms with Crippen LogP contribution in [0.15, 0.2) is 11.8 Å². The quantitative estimate of drug-likeness (QED) is 0.721. The summed E-state index contributed by atoms with van der Waals surface area (Å²) in [6.45, 7) is 0.730. The molecule has 1 N–H and O–H groups in total. The third kappa shape index (κ3) is 1.27. The largest absolute Gasteiger partial charge is 0.495 e. The van der Waals surface area contributed by atoms with E-state index in [4.69, 9.17) is 9.47 Å².